The van der Waals surface area contributed by atoms with Crippen molar-refractivity contribution in [2.24, 2.45) is 0 Å². The van der Waals surface area contributed by atoms with E-state index in [1.165, 1.54) is 23.1 Å². The van der Waals surface area contributed by atoms with Crippen molar-refractivity contribution in [3.05, 3.63) is 79.9 Å². The van der Waals surface area contributed by atoms with E-state index in [-0.39, 0.29) is 17.2 Å². The number of thiophene rings is 1. The maximum Gasteiger partial charge on any atom is 0.276 e. The van der Waals surface area contributed by atoms with Crippen molar-refractivity contribution in [2.45, 2.75) is 12.1 Å². The van der Waals surface area contributed by atoms with E-state index in [4.69, 9.17) is 23.2 Å². The second-order valence-electron chi connectivity index (χ2n) is 6.50. The van der Waals surface area contributed by atoms with Gasteiger partial charge in [0.15, 0.2) is 5.16 Å². The van der Waals surface area contributed by atoms with E-state index in [2.05, 4.69) is 10.3 Å². The molecule has 1 N–H and O–H groups in total. The number of aryl methyl sites for hydroxylation is 1. The molecule has 5 nitrogen and oxygen atoms in total. The molecule has 2 aromatic carbocycles. The molecule has 4 rings (SSSR count). The average molecular weight is 476 g/mol. The van der Waals surface area contributed by atoms with Gasteiger partial charge in [0, 0.05) is 15.7 Å². The number of amides is 1. The fourth-order valence-electron chi connectivity index (χ4n) is 2.94. The van der Waals surface area contributed by atoms with Gasteiger partial charge in [0.25, 0.3) is 5.56 Å². The Labute approximate surface area is 190 Å². The zero-order chi connectivity index (χ0) is 21.3. The van der Waals surface area contributed by atoms with Crippen LogP contribution >= 0.6 is 46.3 Å². The summed E-state index contributed by atoms with van der Waals surface area (Å²) >= 11 is 14.5. The minimum Gasteiger partial charge on any atom is -0.325 e. The number of fused-ring (bicyclic) bond motifs is 1. The lowest BCUT2D eigenvalue weighted by Gasteiger charge is -2.13. The minimum absolute atomic E-state index is 0.0675. The number of carbonyl (C=O) groups is 1. The molecule has 0 radical (unpaired) electrons. The quantitative estimate of drug-likeness (QED) is 0.292. The van der Waals surface area contributed by atoms with Crippen LogP contribution in [0.15, 0.2) is 63.9 Å². The number of nitrogens with zero attached hydrogens (tertiary/aromatic N) is 2. The first kappa shape index (κ1) is 20.9. The third-order valence-corrected chi connectivity index (χ3v) is 6.45. The molecule has 0 aliphatic carbocycles. The zero-order valence-electron chi connectivity index (χ0n) is 15.7. The number of hydrogen-bond donors (Lipinski definition) is 1. The molecule has 2 aromatic heterocycles. The fraction of sp³-hybridized carbons (Fsp3) is 0.0952. The fourth-order valence-corrected chi connectivity index (χ4v) is 5.04. The standard InChI is InChI=1S/C21H15Cl2N3O2S2/c1-12-3-2-4-16(7-12)26-20(28)19-17(5-6-29-19)25-21(26)30-11-18(27)24-15-9-13(22)8-14(23)10-15/h2-10H,11H2,1H3,(H,24,27). The number of aromatic nitrogens is 2. The van der Waals surface area contributed by atoms with E-state index in [1.54, 1.807) is 28.8 Å². The lowest BCUT2D eigenvalue weighted by Crippen LogP contribution is -2.22. The summed E-state index contributed by atoms with van der Waals surface area (Å²) in [6, 6.07) is 14.3. The third-order valence-electron chi connectivity index (χ3n) is 4.19. The SMILES string of the molecule is Cc1cccc(-n2c(SCC(=O)Nc3cc(Cl)cc(Cl)c3)nc3ccsc3c2=O)c1. The Morgan fingerprint density at radius 3 is 2.67 bits per heavy atom. The number of rotatable bonds is 5. The maximum atomic E-state index is 13.1. The molecule has 0 bridgehead atoms. The van der Waals surface area contributed by atoms with Gasteiger partial charge in [-0.15, -0.1) is 11.3 Å². The second-order valence-corrected chi connectivity index (χ2v) is 9.24. The van der Waals surface area contributed by atoms with Crippen LogP contribution in [-0.2, 0) is 4.79 Å². The number of carbonyl (C=O) groups excluding carboxylic acids is 1. The largest absolute Gasteiger partial charge is 0.325 e. The first-order valence-corrected chi connectivity index (χ1v) is 11.5. The van der Waals surface area contributed by atoms with Crippen molar-refractivity contribution in [2.75, 3.05) is 11.1 Å². The molecular weight excluding hydrogens is 461 g/mol. The summed E-state index contributed by atoms with van der Waals surface area (Å²) in [5.41, 5.74) is 2.73. The van der Waals surface area contributed by atoms with Crippen molar-refractivity contribution in [3.8, 4) is 5.69 Å². The van der Waals surface area contributed by atoms with Crippen molar-refractivity contribution in [1.82, 2.24) is 9.55 Å². The van der Waals surface area contributed by atoms with Crippen LogP contribution in [0.1, 0.15) is 5.56 Å². The van der Waals surface area contributed by atoms with Gasteiger partial charge in [-0.25, -0.2) is 4.98 Å². The van der Waals surface area contributed by atoms with Gasteiger partial charge in [0.2, 0.25) is 5.91 Å². The number of hydrogen-bond acceptors (Lipinski definition) is 5. The Morgan fingerprint density at radius 1 is 1.17 bits per heavy atom. The van der Waals surface area contributed by atoms with Gasteiger partial charge >= 0.3 is 0 Å². The van der Waals surface area contributed by atoms with Gasteiger partial charge in [-0.1, -0.05) is 47.1 Å². The summed E-state index contributed by atoms with van der Waals surface area (Å²) in [5.74, 6) is -0.188. The molecule has 4 aromatic rings. The molecule has 0 fully saturated rings. The van der Waals surface area contributed by atoms with Crippen LogP contribution in [0.25, 0.3) is 15.9 Å². The van der Waals surface area contributed by atoms with Crippen LogP contribution in [0.3, 0.4) is 0 Å². The summed E-state index contributed by atoms with van der Waals surface area (Å²) in [7, 11) is 0. The third kappa shape index (κ3) is 4.54. The average Bonchev–Trinajstić information content (AvgIpc) is 3.14. The Hall–Kier alpha value is -2.32. The summed E-state index contributed by atoms with van der Waals surface area (Å²) in [4.78, 5) is 30.2. The molecule has 2 heterocycles. The predicted molar refractivity (Wildman–Crippen MR) is 126 cm³/mol. The highest BCUT2D eigenvalue weighted by Gasteiger charge is 2.16. The first-order chi connectivity index (χ1) is 14.4. The van der Waals surface area contributed by atoms with Crippen molar-refractivity contribution >= 4 is 68.1 Å². The highest BCUT2D eigenvalue weighted by atomic mass is 35.5. The Balaban J connectivity index is 1.64. The van der Waals surface area contributed by atoms with Gasteiger partial charge < -0.3 is 5.32 Å². The van der Waals surface area contributed by atoms with Crippen LogP contribution in [0.5, 0.6) is 0 Å². The minimum atomic E-state index is -0.256. The number of anilines is 1. The molecule has 0 spiro atoms. The number of thioether (sulfide) groups is 1. The van der Waals surface area contributed by atoms with Gasteiger partial charge in [-0.2, -0.15) is 0 Å². The topological polar surface area (TPSA) is 64.0 Å². The van der Waals surface area contributed by atoms with Gasteiger partial charge in [-0.3, -0.25) is 14.2 Å². The van der Waals surface area contributed by atoms with E-state index in [0.29, 0.717) is 36.8 Å². The predicted octanol–water partition coefficient (Wildman–Crippen LogP) is 5.79. The Kier molecular flexibility index (Phi) is 6.15. The van der Waals surface area contributed by atoms with Crippen molar-refractivity contribution < 1.29 is 4.79 Å². The lowest BCUT2D eigenvalue weighted by molar-refractivity contribution is -0.113. The van der Waals surface area contributed by atoms with Crippen molar-refractivity contribution in [1.29, 1.82) is 0 Å². The summed E-state index contributed by atoms with van der Waals surface area (Å²) < 4.78 is 2.14. The van der Waals surface area contributed by atoms with Crippen LogP contribution in [-0.4, -0.2) is 21.2 Å². The normalized spacial score (nSPS) is 11.0. The Bertz CT molecular complexity index is 1300. The van der Waals surface area contributed by atoms with Crippen LogP contribution in [0.2, 0.25) is 10.0 Å². The van der Waals surface area contributed by atoms with Gasteiger partial charge in [0.05, 0.1) is 17.0 Å². The number of benzene rings is 2. The molecule has 0 saturated carbocycles. The lowest BCUT2D eigenvalue weighted by atomic mass is 10.2. The van der Waals surface area contributed by atoms with E-state index in [9.17, 15) is 9.59 Å². The van der Waals surface area contributed by atoms with E-state index in [0.717, 1.165) is 5.56 Å². The zero-order valence-corrected chi connectivity index (χ0v) is 18.8. The summed E-state index contributed by atoms with van der Waals surface area (Å²) in [6.45, 7) is 1.96. The second kappa shape index (κ2) is 8.81. The molecule has 30 heavy (non-hydrogen) atoms. The molecule has 0 saturated heterocycles. The van der Waals surface area contributed by atoms with E-state index in [1.807, 2.05) is 36.6 Å². The molecule has 0 aliphatic heterocycles. The first-order valence-electron chi connectivity index (χ1n) is 8.87. The number of halogens is 2. The highest BCUT2D eigenvalue weighted by molar-refractivity contribution is 7.99. The van der Waals surface area contributed by atoms with Gasteiger partial charge in [-0.05, 0) is 54.3 Å². The number of nitrogens with one attached hydrogen (secondary N) is 1. The van der Waals surface area contributed by atoms with Gasteiger partial charge in [0.1, 0.15) is 4.70 Å². The van der Waals surface area contributed by atoms with Crippen molar-refractivity contribution in [3.63, 3.8) is 0 Å². The van der Waals surface area contributed by atoms with Crippen LogP contribution in [0.4, 0.5) is 5.69 Å². The molecule has 0 atom stereocenters. The maximum absolute atomic E-state index is 13.1. The van der Waals surface area contributed by atoms with Crippen LogP contribution in [0, 0.1) is 6.92 Å². The molecular formula is C21H15Cl2N3O2S2. The van der Waals surface area contributed by atoms with E-state index < -0.39 is 0 Å². The molecule has 9 heteroatoms. The van der Waals surface area contributed by atoms with Crippen LogP contribution < -0.4 is 10.9 Å². The highest BCUT2D eigenvalue weighted by Crippen LogP contribution is 2.25. The monoisotopic (exact) mass is 475 g/mol. The molecule has 0 unspecified atom stereocenters. The Morgan fingerprint density at radius 2 is 1.93 bits per heavy atom. The summed E-state index contributed by atoms with van der Waals surface area (Å²) in [6.07, 6.45) is 0. The molecule has 0 aliphatic rings. The summed E-state index contributed by atoms with van der Waals surface area (Å²) in [5, 5.41) is 5.93. The smallest absolute Gasteiger partial charge is 0.276 e. The molecule has 152 valence electrons. The van der Waals surface area contributed by atoms with E-state index >= 15 is 0 Å². The molecule has 1 amide bonds.